The second kappa shape index (κ2) is 10.5. The van der Waals surface area contributed by atoms with Gasteiger partial charge in [0, 0.05) is 62.0 Å². The summed E-state index contributed by atoms with van der Waals surface area (Å²) in [7, 11) is 0. The van der Waals surface area contributed by atoms with Crippen LogP contribution in [0.2, 0.25) is 5.02 Å². The zero-order valence-electron chi connectivity index (χ0n) is 16.8. The predicted octanol–water partition coefficient (Wildman–Crippen LogP) is 2.51. The summed E-state index contributed by atoms with van der Waals surface area (Å²) in [4.78, 5) is 30.0. The van der Waals surface area contributed by atoms with Crippen LogP contribution in [0.1, 0.15) is 12.0 Å². The fourth-order valence-corrected chi connectivity index (χ4v) is 3.74. The Kier molecular flexibility index (Phi) is 7.79. The number of halogens is 2. The third kappa shape index (κ3) is 6.01. The van der Waals surface area contributed by atoms with Crippen LogP contribution in [0.25, 0.3) is 0 Å². The van der Waals surface area contributed by atoms with Crippen LogP contribution in [-0.4, -0.2) is 60.9 Å². The van der Waals surface area contributed by atoms with E-state index in [1.54, 1.807) is 17.0 Å². The second-order valence-electron chi connectivity index (χ2n) is 7.35. The molecule has 30 heavy (non-hydrogen) atoms. The van der Waals surface area contributed by atoms with E-state index in [9.17, 15) is 14.0 Å². The van der Waals surface area contributed by atoms with Crippen molar-refractivity contribution in [2.75, 3.05) is 44.2 Å². The van der Waals surface area contributed by atoms with Gasteiger partial charge in [-0.3, -0.25) is 19.4 Å². The smallest absolute Gasteiger partial charge is 0.241 e. The van der Waals surface area contributed by atoms with Crippen molar-refractivity contribution >= 4 is 29.1 Å². The van der Waals surface area contributed by atoms with Gasteiger partial charge in [0.2, 0.25) is 11.8 Å². The van der Waals surface area contributed by atoms with E-state index >= 15 is 0 Å². The minimum Gasteiger partial charge on any atom is -0.370 e. The van der Waals surface area contributed by atoms with Gasteiger partial charge >= 0.3 is 0 Å². The number of nitrogens with zero attached hydrogens (tertiary/aromatic N) is 3. The molecule has 0 spiro atoms. The van der Waals surface area contributed by atoms with Crippen LogP contribution < -0.4 is 10.6 Å². The summed E-state index contributed by atoms with van der Waals surface area (Å²) in [6.07, 6.45) is 0.109. The highest BCUT2D eigenvalue weighted by molar-refractivity contribution is 6.31. The topological polar surface area (TPSA) is 69.9 Å². The van der Waals surface area contributed by atoms with Crippen LogP contribution in [0, 0.1) is 5.82 Å². The standard InChI is InChI=1S/C22H26ClFN4O2/c23-19-7-4-8-20(24)18(19)15-26-11-13-27(14-12-26)16-22(30)28(10-9-21(25)29)17-5-2-1-3-6-17/h1-8H,9-16H2,(H2,25,29). The Morgan fingerprint density at radius 3 is 2.30 bits per heavy atom. The summed E-state index contributed by atoms with van der Waals surface area (Å²) >= 11 is 6.13. The minimum absolute atomic E-state index is 0.0759. The molecule has 1 aliphatic heterocycles. The second-order valence-corrected chi connectivity index (χ2v) is 7.76. The van der Waals surface area contributed by atoms with E-state index in [0.717, 1.165) is 5.69 Å². The largest absolute Gasteiger partial charge is 0.370 e. The Hall–Kier alpha value is -2.48. The zero-order valence-corrected chi connectivity index (χ0v) is 17.5. The molecule has 0 radical (unpaired) electrons. The van der Waals surface area contributed by atoms with Gasteiger partial charge < -0.3 is 10.6 Å². The SMILES string of the molecule is NC(=O)CCN(C(=O)CN1CCN(Cc2c(F)cccc2Cl)CC1)c1ccccc1. The van der Waals surface area contributed by atoms with Crippen LogP contribution >= 0.6 is 11.6 Å². The molecule has 2 N–H and O–H groups in total. The number of primary amides is 1. The molecule has 0 unspecified atom stereocenters. The lowest BCUT2D eigenvalue weighted by atomic mass is 10.2. The number of anilines is 1. The van der Waals surface area contributed by atoms with Crippen LogP contribution in [0.5, 0.6) is 0 Å². The molecule has 0 saturated carbocycles. The number of rotatable bonds is 8. The van der Waals surface area contributed by atoms with E-state index in [4.69, 9.17) is 17.3 Å². The normalized spacial score (nSPS) is 15.1. The van der Waals surface area contributed by atoms with Gasteiger partial charge in [0.1, 0.15) is 5.82 Å². The van der Waals surface area contributed by atoms with Gasteiger partial charge in [-0.15, -0.1) is 0 Å². The number of amides is 2. The summed E-state index contributed by atoms with van der Waals surface area (Å²) in [6.45, 7) is 3.76. The van der Waals surface area contributed by atoms with E-state index in [1.807, 2.05) is 30.3 Å². The first-order valence-electron chi connectivity index (χ1n) is 9.95. The highest BCUT2D eigenvalue weighted by Crippen LogP contribution is 2.21. The zero-order chi connectivity index (χ0) is 21.5. The number of carbonyl (C=O) groups is 2. The Balaban J connectivity index is 1.56. The summed E-state index contributed by atoms with van der Waals surface area (Å²) < 4.78 is 14.0. The van der Waals surface area contributed by atoms with Gasteiger partial charge in [0.05, 0.1) is 6.54 Å². The number of hydrogen-bond acceptors (Lipinski definition) is 4. The van der Waals surface area contributed by atoms with Crippen molar-refractivity contribution in [3.05, 3.63) is 64.9 Å². The molecule has 0 aliphatic carbocycles. The first kappa shape index (κ1) is 22.2. The molecule has 6 nitrogen and oxygen atoms in total. The average molecular weight is 433 g/mol. The first-order chi connectivity index (χ1) is 14.4. The molecule has 1 heterocycles. The molecular weight excluding hydrogens is 407 g/mol. The van der Waals surface area contributed by atoms with E-state index in [1.165, 1.54) is 6.07 Å². The van der Waals surface area contributed by atoms with E-state index < -0.39 is 5.91 Å². The molecule has 2 amide bonds. The van der Waals surface area contributed by atoms with Crippen LogP contribution in [0.4, 0.5) is 10.1 Å². The number of carbonyl (C=O) groups excluding carboxylic acids is 2. The Labute approximate surface area is 181 Å². The maximum absolute atomic E-state index is 14.0. The minimum atomic E-state index is -0.441. The third-order valence-electron chi connectivity index (χ3n) is 5.22. The maximum atomic E-state index is 14.0. The molecule has 1 aliphatic rings. The molecule has 0 atom stereocenters. The molecular formula is C22H26ClFN4O2. The van der Waals surface area contributed by atoms with Crippen molar-refractivity contribution in [1.29, 1.82) is 0 Å². The monoisotopic (exact) mass is 432 g/mol. The average Bonchev–Trinajstić information content (AvgIpc) is 2.73. The highest BCUT2D eigenvalue weighted by Gasteiger charge is 2.24. The van der Waals surface area contributed by atoms with Gasteiger partial charge in [-0.2, -0.15) is 0 Å². The van der Waals surface area contributed by atoms with Gasteiger partial charge in [0.15, 0.2) is 0 Å². The summed E-state index contributed by atoms with van der Waals surface area (Å²) in [5.74, 6) is -0.815. The molecule has 8 heteroatoms. The molecule has 160 valence electrons. The fourth-order valence-electron chi connectivity index (χ4n) is 3.52. The summed E-state index contributed by atoms with van der Waals surface area (Å²) in [6, 6.07) is 14.0. The molecule has 2 aromatic carbocycles. The lowest BCUT2D eigenvalue weighted by Crippen LogP contribution is -2.50. The predicted molar refractivity (Wildman–Crippen MR) is 116 cm³/mol. The van der Waals surface area contributed by atoms with Crippen molar-refractivity contribution in [1.82, 2.24) is 9.80 Å². The van der Waals surface area contributed by atoms with Crippen LogP contribution in [-0.2, 0) is 16.1 Å². The highest BCUT2D eigenvalue weighted by atomic mass is 35.5. The number of benzene rings is 2. The van der Waals surface area contributed by atoms with Crippen molar-refractivity contribution in [2.45, 2.75) is 13.0 Å². The van der Waals surface area contributed by atoms with Crippen molar-refractivity contribution in [2.24, 2.45) is 5.73 Å². The van der Waals surface area contributed by atoms with E-state index in [-0.39, 0.29) is 31.2 Å². The Morgan fingerprint density at radius 1 is 1.00 bits per heavy atom. The van der Waals surface area contributed by atoms with Gasteiger partial charge in [-0.1, -0.05) is 35.9 Å². The molecule has 1 fully saturated rings. The van der Waals surface area contributed by atoms with Crippen LogP contribution in [0.3, 0.4) is 0 Å². The molecule has 0 bridgehead atoms. The molecule has 3 rings (SSSR count). The molecule has 1 saturated heterocycles. The molecule has 2 aromatic rings. The van der Waals surface area contributed by atoms with Crippen molar-refractivity contribution in [3.8, 4) is 0 Å². The lowest BCUT2D eigenvalue weighted by molar-refractivity contribution is -0.120. The Bertz CT molecular complexity index is 852. The number of nitrogens with two attached hydrogens (primary N) is 1. The van der Waals surface area contributed by atoms with Gasteiger partial charge in [-0.25, -0.2) is 4.39 Å². The number of hydrogen-bond donors (Lipinski definition) is 1. The lowest BCUT2D eigenvalue weighted by Gasteiger charge is -2.35. The maximum Gasteiger partial charge on any atom is 0.241 e. The molecule has 0 aromatic heterocycles. The van der Waals surface area contributed by atoms with Crippen LogP contribution in [0.15, 0.2) is 48.5 Å². The van der Waals surface area contributed by atoms with Gasteiger partial charge in [0.25, 0.3) is 0 Å². The first-order valence-corrected chi connectivity index (χ1v) is 10.3. The Morgan fingerprint density at radius 2 is 1.67 bits per heavy atom. The number of piperazine rings is 1. The van der Waals surface area contributed by atoms with Crippen molar-refractivity contribution in [3.63, 3.8) is 0 Å². The quantitative estimate of drug-likeness (QED) is 0.695. The summed E-state index contributed by atoms with van der Waals surface area (Å²) in [5, 5.41) is 0.431. The summed E-state index contributed by atoms with van der Waals surface area (Å²) in [5.41, 5.74) is 6.53. The van der Waals surface area contributed by atoms with Crippen molar-refractivity contribution < 1.29 is 14.0 Å². The third-order valence-corrected chi connectivity index (χ3v) is 5.57. The van der Waals surface area contributed by atoms with E-state index in [2.05, 4.69) is 9.80 Å². The van der Waals surface area contributed by atoms with Gasteiger partial charge in [-0.05, 0) is 24.3 Å². The van der Waals surface area contributed by atoms with E-state index in [0.29, 0.717) is 43.3 Å². The fraction of sp³-hybridized carbons (Fsp3) is 0.364. The number of para-hydroxylation sites is 1.